The molecule has 0 amide bonds. The molecule has 0 spiro atoms. The molecule has 0 N–H and O–H groups in total. The Bertz CT molecular complexity index is 1690. The van der Waals surface area contributed by atoms with Crippen LogP contribution in [-0.2, 0) is 13.5 Å². The lowest BCUT2D eigenvalue weighted by Crippen LogP contribution is -2.34. The zero-order valence-electron chi connectivity index (χ0n) is 20.3. The van der Waals surface area contributed by atoms with Crippen LogP contribution in [-0.4, -0.2) is 16.1 Å². The molecular formula is C27H23F5N3O+. The van der Waals surface area contributed by atoms with E-state index in [4.69, 9.17) is 4.42 Å². The predicted molar refractivity (Wildman–Crippen MR) is 126 cm³/mol. The summed E-state index contributed by atoms with van der Waals surface area (Å²) < 4.78 is 76.6. The van der Waals surface area contributed by atoms with Crippen LogP contribution in [0.3, 0.4) is 0 Å². The minimum absolute atomic E-state index is 0.0911. The fraction of sp³-hybridized carbons (Fsp3) is 0.296. The van der Waals surface area contributed by atoms with E-state index in [0.717, 1.165) is 17.2 Å². The molecule has 5 aromatic rings. The second-order valence-corrected chi connectivity index (χ2v) is 9.89. The van der Waals surface area contributed by atoms with E-state index in [-0.39, 0.29) is 17.5 Å². The molecule has 0 bridgehead atoms. The van der Waals surface area contributed by atoms with E-state index >= 15 is 0 Å². The zero-order valence-corrected chi connectivity index (χ0v) is 20.3. The molecule has 0 unspecified atom stereocenters. The SMILES string of the molecule is Cc1cc2c(oc3nc(F)cc(F)c32)c(-c2c3ccc(CC(C)(C)C(F)(F)F)cc3nc[n+]2C)c1C. The van der Waals surface area contributed by atoms with Crippen molar-refractivity contribution < 1.29 is 30.9 Å². The number of aromatic nitrogens is 3. The molecule has 9 heteroatoms. The first-order chi connectivity index (χ1) is 16.8. The maximum Gasteiger partial charge on any atom is 0.394 e. The van der Waals surface area contributed by atoms with Gasteiger partial charge >= 0.3 is 6.18 Å². The van der Waals surface area contributed by atoms with Crippen LogP contribution in [0.5, 0.6) is 0 Å². The largest absolute Gasteiger partial charge is 0.437 e. The molecule has 0 aliphatic heterocycles. The Morgan fingerprint density at radius 1 is 1.00 bits per heavy atom. The summed E-state index contributed by atoms with van der Waals surface area (Å²) in [6.45, 7) is 6.12. The molecule has 36 heavy (non-hydrogen) atoms. The van der Waals surface area contributed by atoms with Crippen molar-refractivity contribution in [3.63, 3.8) is 0 Å². The lowest BCUT2D eigenvalue weighted by atomic mass is 9.84. The topological polar surface area (TPSA) is 42.8 Å². The number of halogens is 5. The van der Waals surface area contributed by atoms with Crippen molar-refractivity contribution in [2.24, 2.45) is 12.5 Å². The van der Waals surface area contributed by atoms with E-state index in [9.17, 15) is 22.0 Å². The summed E-state index contributed by atoms with van der Waals surface area (Å²) in [5.74, 6) is -1.75. The molecule has 3 aromatic heterocycles. The van der Waals surface area contributed by atoms with Gasteiger partial charge in [0, 0.05) is 11.5 Å². The molecule has 3 heterocycles. The Morgan fingerprint density at radius 3 is 2.42 bits per heavy atom. The number of hydrogen-bond donors (Lipinski definition) is 0. The van der Waals surface area contributed by atoms with Crippen molar-refractivity contribution in [3.8, 4) is 11.3 Å². The molecule has 0 aliphatic rings. The van der Waals surface area contributed by atoms with Gasteiger partial charge in [-0.1, -0.05) is 19.9 Å². The highest BCUT2D eigenvalue weighted by atomic mass is 19.4. The monoisotopic (exact) mass is 500 g/mol. The minimum Gasteiger partial charge on any atom is -0.437 e. The highest BCUT2D eigenvalue weighted by Gasteiger charge is 2.47. The van der Waals surface area contributed by atoms with Gasteiger partial charge in [-0.15, -0.1) is 0 Å². The highest BCUT2D eigenvalue weighted by molar-refractivity contribution is 6.11. The van der Waals surface area contributed by atoms with Crippen LogP contribution in [0.1, 0.15) is 30.5 Å². The summed E-state index contributed by atoms with van der Waals surface area (Å²) in [4.78, 5) is 8.18. The summed E-state index contributed by atoms with van der Waals surface area (Å²) in [6.07, 6.45) is -2.97. The van der Waals surface area contributed by atoms with E-state index in [2.05, 4.69) is 9.97 Å². The second kappa shape index (κ2) is 7.94. The third-order valence-electron chi connectivity index (χ3n) is 6.86. The van der Waals surface area contributed by atoms with Crippen LogP contribution in [0, 0.1) is 31.0 Å². The van der Waals surface area contributed by atoms with Gasteiger partial charge in [0.25, 0.3) is 6.33 Å². The summed E-state index contributed by atoms with van der Waals surface area (Å²) in [5.41, 5.74) is 2.37. The van der Waals surface area contributed by atoms with E-state index in [1.54, 1.807) is 42.2 Å². The van der Waals surface area contributed by atoms with Gasteiger partial charge in [0.15, 0.2) is 5.52 Å². The van der Waals surface area contributed by atoms with Crippen LogP contribution in [0.2, 0.25) is 0 Å². The highest BCUT2D eigenvalue weighted by Crippen LogP contribution is 2.42. The van der Waals surface area contributed by atoms with Gasteiger partial charge in [0.2, 0.25) is 11.7 Å². The number of fused-ring (bicyclic) bond motifs is 4. The molecule has 0 saturated carbocycles. The van der Waals surface area contributed by atoms with Crippen molar-refractivity contribution in [1.82, 2.24) is 9.97 Å². The number of alkyl halides is 3. The van der Waals surface area contributed by atoms with Gasteiger partial charge in [-0.05, 0) is 60.1 Å². The summed E-state index contributed by atoms with van der Waals surface area (Å²) >= 11 is 0. The van der Waals surface area contributed by atoms with E-state index < -0.39 is 23.4 Å². The number of aryl methyl sites for hydroxylation is 2. The number of furan rings is 1. The number of nitrogens with zero attached hydrogens (tertiary/aromatic N) is 3. The van der Waals surface area contributed by atoms with Crippen LogP contribution in [0.4, 0.5) is 22.0 Å². The Hall–Kier alpha value is -3.62. The first kappa shape index (κ1) is 24.1. The van der Waals surface area contributed by atoms with Gasteiger partial charge in [0.1, 0.15) is 17.1 Å². The molecular weight excluding hydrogens is 477 g/mol. The average Bonchev–Trinajstić information content (AvgIpc) is 3.12. The van der Waals surface area contributed by atoms with Crippen molar-refractivity contribution in [3.05, 3.63) is 65.1 Å². The molecule has 0 atom stereocenters. The molecule has 2 aromatic carbocycles. The summed E-state index contributed by atoms with van der Waals surface area (Å²) in [7, 11) is 1.79. The molecule has 5 rings (SSSR count). The molecule has 0 aliphatic carbocycles. The predicted octanol–water partition coefficient (Wildman–Crippen LogP) is 7.05. The van der Waals surface area contributed by atoms with Gasteiger partial charge in [-0.25, -0.2) is 8.96 Å². The Labute approximate surface area is 203 Å². The zero-order chi connectivity index (χ0) is 26.2. The van der Waals surface area contributed by atoms with Gasteiger partial charge in [-0.2, -0.15) is 22.5 Å². The van der Waals surface area contributed by atoms with Crippen LogP contribution < -0.4 is 4.57 Å². The lowest BCUT2D eigenvalue weighted by molar-refractivity contribution is -0.662. The van der Waals surface area contributed by atoms with Crippen LogP contribution in [0.25, 0.3) is 44.2 Å². The fourth-order valence-corrected chi connectivity index (χ4v) is 4.66. The lowest BCUT2D eigenvalue weighted by Gasteiger charge is -2.27. The second-order valence-electron chi connectivity index (χ2n) is 9.89. The van der Waals surface area contributed by atoms with Gasteiger partial charge in [0.05, 0.1) is 28.8 Å². The van der Waals surface area contributed by atoms with E-state index in [1.165, 1.54) is 13.8 Å². The number of rotatable bonds is 3. The van der Waals surface area contributed by atoms with Crippen LogP contribution in [0.15, 0.2) is 41.1 Å². The standard InChI is InChI=1S/C27H23F5N3O/c1-13-8-17-22-18(28)10-20(29)34-25(22)36-24(17)21(14(13)2)23-16-7-6-15(9-19(16)33-12-35(23)5)11-26(3,4)27(30,31)32/h6-10,12H,11H2,1-5H3/q+1. The normalized spacial score (nSPS) is 12.8. The Morgan fingerprint density at radius 2 is 1.72 bits per heavy atom. The number of benzene rings is 2. The summed E-state index contributed by atoms with van der Waals surface area (Å²) in [6, 6.07) is 7.57. The van der Waals surface area contributed by atoms with Gasteiger partial charge < -0.3 is 4.42 Å². The summed E-state index contributed by atoms with van der Waals surface area (Å²) in [5, 5.41) is 1.23. The fourth-order valence-electron chi connectivity index (χ4n) is 4.66. The van der Waals surface area contributed by atoms with Crippen molar-refractivity contribution in [1.29, 1.82) is 0 Å². The third kappa shape index (κ3) is 3.68. The first-order valence-electron chi connectivity index (χ1n) is 11.3. The molecule has 0 fully saturated rings. The molecule has 0 radical (unpaired) electrons. The van der Waals surface area contributed by atoms with E-state index in [1.807, 2.05) is 13.8 Å². The number of hydrogen-bond acceptors (Lipinski definition) is 3. The van der Waals surface area contributed by atoms with Crippen molar-refractivity contribution >= 4 is 33.0 Å². The minimum atomic E-state index is -4.35. The Kier molecular flexibility index (Phi) is 5.32. The molecule has 4 nitrogen and oxygen atoms in total. The quantitative estimate of drug-likeness (QED) is 0.152. The maximum absolute atomic E-state index is 14.7. The number of pyridine rings is 1. The maximum atomic E-state index is 14.7. The Balaban J connectivity index is 1.79. The van der Waals surface area contributed by atoms with Crippen molar-refractivity contribution in [2.45, 2.75) is 40.3 Å². The van der Waals surface area contributed by atoms with Gasteiger partial charge in [-0.3, -0.25) is 0 Å². The van der Waals surface area contributed by atoms with E-state index in [0.29, 0.717) is 38.7 Å². The van der Waals surface area contributed by atoms with Crippen LogP contribution >= 0.6 is 0 Å². The van der Waals surface area contributed by atoms with Crippen molar-refractivity contribution in [2.75, 3.05) is 0 Å². The first-order valence-corrected chi connectivity index (χ1v) is 11.3. The molecule has 186 valence electrons. The average molecular weight is 500 g/mol. The third-order valence-corrected chi connectivity index (χ3v) is 6.86. The molecule has 0 saturated heterocycles. The smallest absolute Gasteiger partial charge is 0.394 e.